The van der Waals surface area contributed by atoms with E-state index in [9.17, 15) is 4.79 Å². The molecule has 1 fully saturated rings. The monoisotopic (exact) mass is 365 g/mol. The van der Waals surface area contributed by atoms with Crippen molar-refractivity contribution in [2.45, 2.75) is 6.92 Å². The molecule has 1 aromatic heterocycles. The van der Waals surface area contributed by atoms with Crippen molar-refractivity contribution in [3.05, 3.63) is 40.1 Å². The number of aryl methyl sites for hydroxylation is 1. The van der Waals surface area contributed by atoms with Crippen LogP contribution in [0.3, 0.4) is 0 Å². The first kappa shape index (κ1) is 16.8. The van der Waals surface area contributed by atoms with Crippen LogP contribution in [0.1, 0.15) is 5.82 Å². The topological polar surface area (TPSA) is 61.4 Å². The summed E-state index contributed by atoms with van der Waals surface area (Å²) in [4.78, 5) is 23.6. The molecule has 1 aliphatic heterocycles. The molecule has 0 bridgehead atoms. The second kappa shape index (κ2) is 7.23. The van der Waals surface area contributed by atoms with Gasteiger partial charge in [-0.1, -0.05) is 29.3 Å². The van der Waals surface area contributed by atoms with E-state index in [0.717, 1.165) is 25.3 Å². The summed E-state index contributed by atoms with van der Waals surface area (Å²) in [6.07, 6.45) is 0.886. The summed E-state index contributed by atoms with van der Waals surface area (Å²) in [7, 11) is 0. The Bertz CT molecular complexity index is 747. The number of aromatic nitrogens is 2. The van der Waals surface area contributed by atoms with Crippen molar-refractivity contribution >= 4 is 46.9 Å². The molecule has 0 radical (unpaired) electrons. The summed E-state index contributed by atoms with van der Waals surface area (Å²) < 4.78 is 0. The van der Waals surface area contributed by atoms with E-state index in [1.807, 2.05) is 25.1 Å². The average Bonchev–Trinajstić information content (AvgIpc) is 2.58. The largest absolute Gasteiger partial charge is 0.353 e. The molecule has 24 heavy (non-hydrogen) atoms. The highest BCUT2D eigenvalue weighted by atomic mass is 35.5. The Morgan fingerprint density at radius 3 is 2.62 bits per heavy atom. The molecular weight excluding hydrogens is 349 g/mol. The molecule has 3 rings (SSSR count). The summed E-state index contributed by atoms with van der Waals surface area (Å²) in [5, 5.41) is 4.13. The fraction of sp³-hybridized carbons (Fsp3) is 0.312. The molecule has 1 aliphatic rings. The van der Waals surface area contributed by atoms with Crippen molar-refractivity contribution < 1.29 is 4.79 Å². The number of rotatable bonds is 4. The number of nitrogens with one attached hydrogen (secondary N) is 1. The summed E-state index contributed by atoms with van der Waals surface area (Å²) in [5.74, 6) is 2.14. The third kappa shape index (κ3) is 3.71. The Hall–Kier alpha value is -2.05. The fourth-order valence-electron chi connectivity index (χ4n) is 2.57. The van der Waals surface area contributed by atoms with Crippen LogP contribution in [0.15, 0.2) is 24.3 Å². The normalized spacial score (nSPS) is 14.6. The van der Waals surface area contributed by atoms with E-state index in [4.69, 9.17) is 23.2 Å². The summed E-state index contributed by atoms with van der Waals surface area (Å²) in [5.41, 5.74) is 0.694. The molecule has 0 spiro atoms. The van der Waals surface area contributed by atoms with Gasteiger partial charge in [0.15, 0.2) is 0 Å². The number of nitrogens with zero attached hydrogens (tertiary/aromatic N) is 4. The van der Waals surface area contributed by atoms with Gasteiger partial charge in [0.25, 0.3) is 0 Å². The standard InChI is InChI=1S/C16H17Cl2N5O/c1-11-19-14(21-13-4-2-3-12(17)16(13)18)9-15(20-11)23-7-5-22(10-24)6-8-23/h2-4,9-10H,5-8H2,1H3,(H,19,20,21). The molecule has 0 saturated carbocycles. The van der Waals surface area contributed by atoms with Crippen LogP contribution in [0.2, 0.25) is 10.0 Å². The van der Waals surface area contributed by atoms with E-state index in [-0.39, 0.29) is 0 Å². The number of anilines is 3. The number of piperazine rings is 1. The molecule has 2 aromatic rings. The fourth-order valence-corrected chi connectivity index (χ4v) is 2.92. The first-order valence-corrected chi connectivity index (χ1v) is 8.33. The molecule has 0 atom stereocenters. The van der Waals surface area contributed by atoms with Gasteiger partial charge in [-0.2, -0.15) is 0 Å². The van der Waals surface area contributed by atoms with Gasteiger partial charge >= 0.3 is 0 Å². The van der Waals surface area contributed by atoms with Crippen molar-refractivity contribution in [3.63, 3.8) is 0 Å². The van der Waals surface area contributed by atoms with E-state index >= 15 is 0 Å². The molecule has 8 heteroatoms. The predicted octanol–water partition coefficient (Wildman–Crippen LogP) is 3.11. The maximum absolute atomic E-state index is 10.8. The molecule has 126 valence electrons. The molecule has 1 amide bonds. The van der Waals surface area contributed by atoms with Gasteiger partial charge < -0.3 is 15.1 Å². The van der Waals surface area contributed by atoms with Crippen LogP contribution in [-0.2, 0) is 4.79 Å². The van der Waals surface area contributed by atoms with Gasteiger partial charge in [0.2, 0.25) is 6.41 Å². The molecule has 0 unspecified atom stereocenters. The Morgan fingerprint density at radius 1 is 1.17 bits per heavy atom. The van der Waals surface area contributed by atoms with E-state index in [2.05, 4.69) is 20.2 Å². The van der Waals surface area contributed by atoms with Crippen LogP contribution in [0.25, 0.3) is 0 Å². The van der Waals surface area contributed by atoms with Gasteiger partial charge in [0.05, 0.1) is 15.7 Å². The lowest BCUT2D eigenvalue weighted by atomic mass is 10.3. The minimum atomic E-state index is 0.455. The van der Waals surface area contributed by atoms with E-state index in [1.165, 1.54) is 0 Å². The van der Waals surface area contributed by atoms with Crippen LogP contribution >= 0.6 is 23.2 Å². The number of carbonyl (C=O) groups is 1. The lowest BCUT2D eigenvalue weighted by molar-refractivity contribution is -0.118. The quantitative estimate of drug-likeness (QED) is 0.843. The molecular formula is C16H17Cl2N5O. The Kier molecular flexibility index (Phi) is 5.06. The van der Waals surface area contributed by atoms with Crippen molar-refractivity contribution in [1.82, 2.24) is 14.9 Å². The minimum Gasteiger partial charge on any atom is -0.353 e. The van der Waals surface area contributed by atoms with Gasteiger partial charge in [0.1, 0.15) is 17.5 Å². The molecule has 1 aromatic carbocycles. The molecule has 6 nitrogen and oxygen atoms in total. The van der Waals surface area contributed by atoms with Gasteiger partial charge in [-0.25, -0.2) is 9.97 Å². The zero-order valence-electron chi connectivity index (χ0n) is 13.2. The second-order valence-corrected chi connectivity index (χ2v) is 6.30. The van der Waals surface area contributed by atoms with E-state index in [1.54, 1.807) is 11.0 Å². The molecule has 1 saturated heterocycles. The van der Waals surface area contributed by atoms with Crippen LogP contribution in [0.5, 0.6) is 0 Å². The number of amides is 1. The van der Waals surface area contributed by atoms with Crippen molar-refractivity contribution in [2.75, 3.05) is 36.4 Å². The predicted molar refractivity (Wildman–Crippen MR) is 96.4 cm³/mol. The third-order valence-electron chi connectivity index (χ3n) is 3.83. The molecule has 1 N–H and O–H groups in total. The zero-order chi connectivity index (χ0) is 17.1. The van der Waals surface area contributed by atoms with E-state index < -0.39 is 0 Å². The van der Waals surface area contributed by atoms with Crippen molar-refractivity contribution in [1.29, 1.82) is 0 Å². The van der Waals surface area contributed by atoms with Gasteiger partial charge in [-0.15, -0.1) is 0 Å². The third-order valence-corrected chi connectivity index (χ3v) is 4.64. The van der Waals surface area contributed by atoms with Crippen LogP contribution in [0, 0.1) is 6.92 Å². The smallest absolute Gasteiger partial charge is 0.209 e. The average molecular weight is 366 g/mol. The number of halogens is 2. The number of hydrogen-bond acceptors (Lipinski definition) is 5. The van der Waals surface area contributed by atoms with Gasteiger partial charge in [0, 0.05) is 32.2 Å². The number of carbonyl (C=O) groups excluding carboxylic acids is 1. The van der Waals surface area contributed by atoms with Gasteiger partial charge in [-0.3, -0.25) is 4.79 Å². The summed E-state index contributed by atoms with van der Waals surface area (Å²) >= 11 is 12.3. The SMILES string of the molecule is Cc1nc(Nc2cccc(Cl)c2Cl)cc(N2CCN(C=O)CC2)n1. The van der Waals surface area contributed by atoms with Crippen LogP contribution in [-0.4, -0.2) is 47.5 Å². The molecule has 2 heterocycles. The first-order chi connectivity index (χ1) is 11.6. The molecule has 0 aliphatic carbocycles. The number of benzene rings is 1. The lowest BCUT2D eigenvalue weighted by Crippen LogP contribution is -2.46. The van der Waals surface area contributed by atoms with Gasteiger partial charge in [-0.05, 0) is 19.1 Å². The van der Waals surface area contributed by atoms with Crippen molar-refractivity contribution in [3.8, 4) is 0 Å². The summed E-state index contributed by atoms with van der Waals surface area (Å²) in [6.45, 7) is 4.71. The minimum absolute atomic E-state index is 0.455. The highest BCUT2D eigenvalue weighted by molar-refractivity contribution is 6.43. The number of hydrogen-bond donors (Lipinski definition) is 1. The Labute approximate surface area is 150 Å². The maximum atomic E-state index is 10.8. The summed E-state index contributed by atoms with van der Waals surface area (Å²) in [6, 6.07) is 7.28. The highest BCUT2D eigenvalue weighted by Crippen LogP contribution is 2.31. The highest BCUT2D eigenvalue weighted by Gasteiger charge is 2.18. The van der Waals surface area contributed by atoms with E-state index in [0.29, 0.717) is 40.5 Å². The second-order valence-electron chi connectivity index (χ2n) is 5.51. The van der Waals surface area contributed by atoms with Crippen molar-refractivity contribution in [2.24, 2.45) is 0 Å². The maximum Gasteiger partial charge on any atom is 0.209 e. The van der Waals surface area contributed by atoms with Crippen LogP contribution in [0.4, 0.5) is 17.3 Å². The zero-order valence-corrected chi connectivity index (χ0v) is 14.7. The Balaban J connectivity index is 1.81. The Morgan fingerprint density at radius 2 is 1.92 bits per heavy atom. The first-order valence-electron chi connectivity index (χ1n) is 7.58. The van der Waals surface area contributed by atoms with Crippen LogP contribution < -0.4 is 10.2 Å². The lowest BCUT2D eigenvalue weighted by Gasteiger charge is -2.33.